The normalized spacial score (nSPS) is 18.8. The van der Waals surface area contributed by atoms with E-state index in [-0.39, 0.29) is 18.0 Å². The SMILES string of the molecule is CC(C)(C)OC(=O)N1CCC(Nc2ccc(N/C=C3\C(=O)Nc4cc(F)ccc43)cc2F)C1. The van der Waals surface area contributed by atoms with E-state index in [0.29, 0.717) is 47.7 Å². The van der Waals surface area contributed by atoms with Crippen LogP contribution >= 0.6 is 0 Å². The number of fused-ring (bicyclic) bond motifs is 1. The molecule has 7 nitrogen and oxygen atoms in total. The molecule has 0 radical (unpaired) electrons. The summed E-state index contributed by atoms with van der Waals surface area (Å²) < 4.78 is 33.4. The van der Waals surface area contributed by atoms with Crippen LogP contribution in [0.15, 0.2) is 42.6 Å². The largest absolute Gasteiger partial charge is 0.444 e. The van der Waals surface area contributed by atoms with E-state index in [1.165, 1.54) is 30.5 Å². The highest BCUT2D eigenvalue weighted by Gasteiger charge is 2.30. The van der Waals surface area contributed by atoms with Crippen LogP contribution in [0.25, 0.3) is 5.57 Å². The van der Waals surface area contributed by atoms with Crippen molar-refractivity contribution in [3.63, 3.8) is 0 Å². The molecule has 33 heavy (non-hydrogen) atoms. The second kappa shape index (κ2) is 8.73. The number of nitrogens with zero attached hydrogens (tertiary/aromatic N) is 1. The van der Waals surface area contributed by atoms with Crippen molar-refractivity contribution in [2.45, 2.75) is 38.8 Å². The molecule has 2 amide bonds. The van der Waals surface area contributed by atoms with Gasteiger partial charge in [0.25, 0.3) is 5.91 Å². The Labute approximate surface area is 190 Å². The first-order chi connectivity index (χ1) is 15.6. The minimum Gasteiger partial charge on any atom is -0.444 e. The van der Waals surface area contributed by atoms with Crippen LogP contribution in [0, 0.1) is 11.6 Å². The number of hydrogen-bond donors (Lipinski definition) is 3. The molecular formula is C24H26F2N4O3. The fourth-order valence-corrected chi connectivity index (χ4v) is 3.78. The molecule has 2 aromatic rings. The predicted octanol–water partition coefficient (Wildman–Crippen LogP) is 4.79. The van der Waals surface area contributed by atoms with Gasteiger partial charge < -0.3 is 25.6 Å². The highest BCUT2D eigenvalue weighted by molar-refractivity contribution is 6.31. The van der Waals surface area contributed by atoms with Crippen molar-refractivity contribution >= 4 is 34.6 Å². The van der Waals surface area contributed by atoms with E-state index in [1.54, 1.807) is 17.0 Å². The van der Waals surface area contributed by atoms with Crippen molar-refractivity contribution < 1.29 is 23.1 Å². The molecule has 0 aliphatic carbocycles. The monoisotopic (exact) mass is 456 g/mol. The average molecular weight is 456 g/mol. The average Bonchev–Trinajstić information content (AvgIpc) is 3.30. The molecule has 1 saturated heterocycles. The molecule has 2 aromatic carbocycles. The quantitative estimate of drug-likeness (QED) is 0.577. The molecule has 2 heterocycles. The van der Waals surface area contributed by atoms with Crippen molar-refractivity contribution in [1.29, 1.82) is 0 Å². The Hall–Kier alpha value is -3.62. The van der Waals surface area contributed by atoms with Gasteiger partial charge in [0.15, 0.2) is 0 Å². The summed E-state index contributed by atoms with van der Waals surface area (Å²) in [7, 11) is 0. The van der Waals surface area contributed by atoms with Gasteiger partial charge in [-0.3, -0.25) is 4.79 Å². The van der Waals surface area contributed by atoms with E-state index in [1.807, 2.05) is 20.8 Å². The lowest BCUT2D eigenvalue weighted by Crippen LogP contribution is -2.36. The highest BCUT2D eigenvalue weighted by atomic mass is 19.1. The van der Waals surface area contributed by atoms with Gasteiger partial charge in [-0.15, -0.1) is 0 Å². The lowest BCUT2D eigenvalue weighted by atomic mass is 10.1. The summed E-state index contributed by atoms with van der Waals surface area (Å²) in [6.07, 6.45) is 1.77. The zero-order valence-electron chi connectivity index (χ0n) is 18.7. The molecule has 4 rings (SSSR count). The standard InChI is InChI=1S/C24H26F2N4O3/c1-24(2,3)33-23(32)30-9-8-16(13-30)28-20-7-5-15(11-19(20)26)27-12-18-17-6-4-14(25)10-21(17)29-22(18)31/h4-7,10-12,16,27-28H,8-9,13H2,1-3H3,(H,29,31)/b18-12-. The van der Waals surface area contributed by atoms with E-state index < -0.39 is 17.2 Å². The first-order valence-corrected chi connectivity index (χ1v) is 10.7. The van der Waals surface area contributed by atoms with Crippen molar-refractivity contribution in [3.05, 3.63) is 59.8 Å². The van der Waals surface area contributed by atoms with Gasteiger partial charge in [-0.25, -0.2) is 13.6 Å². The smallest absolute Gasteiger partial charge is 0.410 e. The molecule has 1 unspecified atom stereocenters. The maximum Gasteiger partial charge on any atom is 0.410 e. The number of ether oxygens (including phenoxy) is 1. The van der Waals surface area contributed by atoms with Crippen molar-refractivity contribution in [3.8, 4) is 0 Å². The lowest BCUT2D eigenvalue weighted by molar-refractivity contribution is -0.110. The van der Waals surface area contributed by atoms with Crippen LogP contribution in [0.5, 0.6) is 0 Å². The zero-order valence-corrected chi connectivity index (χ0v) is 18.7. The summed E-state index contributed by atoms with van der Waals surface area (Å²) >= 11 is 0. The molecule has 2 aliphatic heterocycles. The van der Waals surface area contributed by atoms with Crippen LogP contribution in [0.1, 0.15) is 32.8 Å². The number of benzene rings is 2. The van der Waals surface area contributed by atoms with Crippen LogP contribution in [0.4, 0.5) is 30.6 Å². The topological polar surface area (TPSA) is 82.7 Å². The predicted molar refractivity (Wildman–Crippen MR) is 123 cm³/mol. The summed E-state index contributed by atoms with van der Waals surface area (Å²) in [5.74, 6) is -1.27. The molecule has 1 fully saturated rings. The number of likely N-dealkylation sites (tertiary alicyclic amines) is 1. The Morgan fingerprint density at radius 1 is 1.21 bits per heavy atom. The molecule has 0 spiro atoms. The number of nitrogens with one attached hydrogen (secondary N) is 3. The van der Waals surface area contributed by atoms with Crippen molar-refractivity contribution in [2.75, 3.05) is 29.0 Å². The maximum atomic E-state index is 14.7. The summed E-state index contributed by atoms with van der Waals surface area (Å²) in [4.78, 5) is 26.0. The number of amides is 2. The Balaban J connectivity index is 1.38. The molecule has 0 aromatic heterocycles. The first-order valence-electron chi connectivity index (χ1n) is 10.7. The second-order valence-electron chi connectivity index (χ2n) is 9.10. The molecule has 3 N–H and O–H groups in total. The Morgan fingerprint density at radius 2 is 2.00 bits per heavy atom. The number of carbonyl (C=O) groups is 2. The van der Waals surface area contributed by atoms with Gasteiger partial charge in [-0.05, 0) is 63.6 Å². The van der Waals surface area contributed by atoms with Crippen molar-refractivity contribution in [1.82, 2.24) is 4.90 Å². The maximum absolute atomic E-state index is 14.7. The lowest BCUT2D eigenvalue weighted by Gasteiger charge is -2.24. The van der Waals surface area contributed by atoms with Gasteiger partial charge in [0.05, 0.1) is 16.9 Å². The van der Waals surface area contributed by atoms with Crippen molar-refractivity contribution in [2.24, 2.45) is 0 Å². The summed E-state index contributed by atoms with van der Waals surface area (Å²) in [5.41, 5.74) is 1.52. The van der Waals surface area contributed by atoms with E-state index in [0.717, 1.165) is 0 Å². The number of halogens is 2. The fourth-order valence-electron chi connectivity index (χ4n) is 3.78. The van der Waals surface area contributed by atoms with Gasteiger partial charge in [0.1, 0.15) is 17.2 Å². The summed E-state index contributed by atoms with van der Waals surface area (Å²) in [6.45, 7) is 6.41. The third-order valence-corrected chi connectivity index (χ3v) is 5.32. The molecule has 1 atom stereocenters. The third kappa shape index (κ3) is 5.24. The second-order valence-corrected chi connectivity index (χ2v) is 9.10. The van der Waals surface area contributed by atoms with Crippen LogP contribution < -0.4 is 16.0 Å². The number of hydrogen-bond acceptors (Lipinski definition) is 5. The van der Waals surface area contributed by atoms with Crippen LogP contribution in [-0.4, -0.2) is 41.6 Å². The Bertz CT molecular complexity index is 1130. The molecule has 174 valence electrons. The van der Waals surface area contributed by atoms with Gasteiger partial charge in [-0.2, -0.15) is 0 Å². The van der Waals surface area contributed by atoms with E-state index in [2.05, 4.69) is 16.0 Å². The summed E-state index contributed by atoms with van der Waals surface area (Å²) in [6, 6.07) is 8.56. The Morgan fingerprint density at radius 3 is 2.73 bits per heavy atom. The van der Waals surface area contributed by atoms with Gasteiger partial charge in [0.2, 0.25) is 0 Å². The molecule has 0 bridgehead atoms. The number of carbonyl (C=O) groups excluding carboxylic acids is 2. The first kappa shape index (κ1) is 22.6. The zero-order chi connectivity index (χ0) is 23.8. The van der Waals surface area contributed by atoms with E-state index in [9.17, 15) is 18.4 Å². The van der Waals surface area contributed by atoms with E-state index >= 15 is 0 Å². The fraction of sp³-hybridized carbons (Fsp3) is 0.333. The van der Waals surface area contributed by atoms with Gasteiger partial charge in [-0.1, -0.05) is 0 Å². The summed E-state index contributed by atoms with van der Waals surface area (Å²) in [5, 5.41) is 8.66. The molecular weight excluding hydrogens is 430 g/mol. The third-order valence-electron chi connectivity index (χ3n) is 5.32. The number of anilines is 3. The van der Waals surface area contributed by atoms with E-state index in [4.69, 9.17) is 4.74 Å². The molecule has 0 saturated carbocycles. The van der Waals surface area contributed by atoms with Crippen LogP contribution in [-0.2, 0) is 9.53 Å². The molecule has 9 heteroatoms. The highest BCUT2D eigenvalue weighted by Crippen LogP contribution is 2.32. The minimum absolute atomic E-state index is 0.0907. The Kier molecular flexibility index (Phi) is 5.97. The van der Waals surface area contributed by atoms with Gasteiger partial charge in [0, 0.05) is 36.6 Å². The number of rotatable bonds is 4. The van der Waals surface area contributed by atoms with Crippen LogP contribution in [0.2, 0.25) is 0 Å². The van der Waals surface area contributed by atoms with Crippen LogP contribution in [0.3, 0.4) is 0 Å². The minimum atomic E-state index is -0.565. The van der Waals surface area contributed by atoms with Gasteiger partial charge >= 0.3 is 6.09 Å². The molecule has 2 aliphatic rings.